The number of anilines is 1. The third kappa shape index (κ3) is 3.38. The summed E-state index contributed by atoms with van der Waals surface area (Å²) in [5, 5.41) is 10.6. The van der Waals surface area contributed by atoms with Crippen LogP contribution in [0.5, 0.6) is 5.88 Å². The van der Waals surface area contributed by atoms with Gasteiger partial charge in [-0.05, 0) is 6.92 Å². The number of rotatable bonds is 4. The third-order valence-electron chi connectivity index (χ3n) is 2.57. The number of primary sulfonamides is 1. The van der Waals surface area contributed by atoms with Gasteiger partial charge in [0, 0.05) is 25.0 Å². The zero-order valence-electron chi connectivity index (χ0n) is 12.1. The molecule has 0 saturated carbocycles. The van der Waals surface area contributed by atoms with Crippen molar-refractivity contribution in [3.8, 4) is 5.88 Å². The molecule has 118 valence electrons. The predicted octanol–water partition coefficient (Wildman–Crippen LogP) is -0.573. The van der Waals surface area contributed by atoms with E-state index in [1.165, 1.54) is 25.0 Å². The molecule has 0 aliphatic rings. The quantitative estimate of drug-likeness (QED) is 0.765. The molecule has 22 heavy (non-hydrogen) atoms. The van der Waals surface area contributed by atoms with E-state index >= 15 is 0 Å². The molecule has 0 fully saturated rings. The molecule has 2 aromatic heterocycles. The molecule has 0 radical (unpaired) electrons. The van der Waals surface area contributed by atoms with E-state index in [9.17, 15) is 13.2 Å². The number of aryl methyl sites for hydroxylation is 2. The van der Waals surface area contributed by atoms with Gasteiger partial charge in [0.15, 0.2) is 0 Å². The fourth-order valence-electron chi connectivity index (χ4n) is 1.70. The fraction of sp³-hybridized carbons (Fsp3) is 0.273. The number of ether oxygens (including phenoxy) is 1. The van der Waals surface area contributed by atoms with Gasteiger partial charge >= 0.3 is 0 Å². The maximum atomic E-state index is 12.2. The van der Waals surface area contributed by atoms with Crippen LogP contribution in [0, 0.1) is 6.92 Å². The van der Waals surface area contributed by atoms with Crippen molar-refractivity contribution in [1.82, 2.24) is 19.7 Å². The van der Waals surface area contributed by atoms with Gasteiger partial charge in [-0.2, -0.15) is 10.1 Å². The van der Waals surface area contributed by atoms with Crippen LogP contribution in [0.3, 0.4) is 0 Å². The van der Waals surface area contributed by atoms with Crippen LogP contribution in [-0.2, 0) is 17.1 Å². The number of methoxy groups -OCH3 is 1. The van der Waals surface area contributed by atoms with Gasteiger partial charge in [-0.25, -0.2) is 18.5 Å². The summed E-state index contributed by atoms with van der Waals surface area (Å²) in [5.41, 5.74) is 0.370. The molecule has 2 heterocycles. The first kappa shape index (κ1) is 15.9. The Hall–Kier alpha value is -2.53. The normalized spacial score (nSPS) is 11.3. The van der Waals surface area contributed by atoms with Crippen LogP contribution >= 0.6 is 0 Å². The second-order valence-corrected chi connectivity index (χ2v) is 5.87. The smallest absolute Gasteiger partial charge is 0.262 e. The van der Waals surface area contributed by atoms with Gasteiger partial charge in [-0.3, -0.25) is 14.8 Å². The molecule has 11 heteroatoms. The predicted molar refractivity (Wildman–Crippen MR) is 75.9 cm³/mol. The molecule has 0 atom stereocenters. The molecule has 0 aromatic carbocycles. The van der Waals surface area contributed by atoms with E-state index in [0.29, 0.717) is 5.69 Å². The van der Waals surface area contributed by atoms with Crippen LogP contribution in [0.4, 0.5) is 5.95 Å². The van der Waals surface area contributed by atoms with Crippen LogP contribution in [-0.4, -0.2) is 41.2 Å². The van der Waals surface area contributed by atoms with E-state index in [4.69, 9.17) is 9.88 Å². The van der Waals surface area contributed by atoms with E-state index in [1.807, 2.05) is 0 Å². The molecular formula is C11H14N6O4S. The lowest BCUT2D eigenvalue weighted by molar-refractivity contribution is 0.102. The highest BCUT2D eigenvalue weighted by Crippen LogP contribution is 2.15. The number of hydrogen-bond acceptors (Lipinski definition) is 7. The largest absolute Gasteiger partial charge is 0.481 e. The Kier molecular flexibility index (Phi) is 4.10. The molecule has 0 unspecified atom stereocenters. The van der Waals surface area contributed by atoms with Crippen LogP contribution in [0.15, 0.2) is 17.3 Å². The number of sulfonamides is 1. The molecule has 3 N–H and O–H groups in total. The Balaban J connectivity index is 2.36. The van der Waals surface area contributed by atoms with Gasteiger partial charge in [0.05, 0.1) is 12.7 Å². The average molecular weight is 326 g/mol. The van der Waals surface area contributed by atoms with Crippen LogP contribution in [0.2, 0.25) is 0 Å². The molecule has 0 saturated heterocycles. The molecule has 0 bridgehead atoms. The van der Waals surface area contributed by atoms with Crippen molar-refractivity contribution in [2.45, 2.75) is 11.9 Å². The number of hydrogen-bond donors (Lipinski definition) is 2. The van der Waals surface area contributed by atoms with Crippen molar-refractivity contribution in [3.63, 3.8) is 0 Å². The van der Waals surface area contributed by atoms with Gasteiger partial charge in [-0.1, -0.05) is 0 Å². The van der Waals surface area contributed by atoms with Gasteiger partial charge < -0.3 is 4.74 Å². The molecule has 0 spiro atoms. The number of nitrogens with one attached hydrogen (secondary N) is 1. The number of amides is 1. The fourth-order valence-corrected chi connectivity index (χ4v) is 2.40. The van der Waals surface area contributed by atoms with Crippen molar-refractivity contribution in [3.05, 3.63) is 23.5 Å². The Bertz CT molecular complexity index is 829. The summed E-state index contributed by atoms with van der Waals surface area (Å²) in [4.78, 5) is 20.2. The number of nitrogens with zero attached hydrogens (tertiary/aromatic N) is 4. The lowest BCUT2D eigenvalue weighted by Gasteiger charge is -2.06. The summed E-state index contributed by atoms with van der Waals surface area (Å²) in [6.07, 6.45) is 1.24. The van der Waals surface area contributed by atoms with Crippen molar-refractivity contribution in [2.75, 3.05) is 12.4 Å². The zero-order chi connectivity index (χ0) is 16.5. The van der Waals surface area contributed by atoms with E-state index in [0.717, 1.165) is 0 Å². The first-order valence-corrected chi connectivity index (χ1v) is 7.53. The Morgan fingerprint density at radius 1 is 1.41 bits per heavy atom. The monoisotopic (exact) mass is 326 g/mol. The number of aromatic nitrogens is 4. The van der Waals surface area contributed by atoms with E-state index < -0.39 is 21.0 Å². The lowest BCUT2D eigenvalue weighted by Crippen LogP contribution is -2.20. The zero-order valence-corrected chi connectivity index (χ0v) is 12.9. The van der Waals surface area contributed by atoms with Gasteiger partial charge in [0.25, 0.3) is 15.9 Å². The summed E-state index contributed by atoms with van der Waals surface area (Å²) < 4.78 is 29.0. The SMILES string of the molecule is COc1cc(C)nc(NC(=O)c2cn(C)nc2S(N)(=O)=O)n1. The second-order valence-electron chi connectivity index (χ2n) is 4.40. The van der Waals surface area contributed by atoms with Crippen LogP contribution in [0.25, 0.3) is 0 Å². The standard InChI is InChI=1S/C11H14N6O4S/c1-6-4-8(21-3)14-11(13-6)15-9(18)7-5-17(2)16-10(7)22(12,19)20/h4-5H,1-3H3,(H2,12,19,20)(H,13,14,15,18). The number of carbonyl (C=O) groups is 1. The Morgan fingerprint density at radius 3 is 2.68 bits per heavy atom. The van der Waals surface area contributed by atoms with E-state index in [1.54, 1.807) is 13.0 Å². The summed E-state index contributed by atoms with van der Waals surface area (Å²) in [7, 11) is -1.24. The summed E-state index contributed by atoms with van der Waals surface area (Å²) in [6, 6.07) is 1.58. The highest BCUT2D eigenvalue weighted by Gasteiger charge is 2.24. The van der Waals surface area contributed by atoms with Gasteiger partial charge in [0.2, 0.25) is 16.9 Å². The first-order valence-electron chi connectivity index (χ1n) is 5.98. The maximum Gasteiger partial charge on any atom is 0.262 e. The molecule has 10 nitrogen and oxygen atoms in total. The van der Waals surface area contributed by atoms with Gasteiger partial charge in [0.1, 0.15) is 0 Å². The Morgan fingerprint density at radius 2 is 2.09 bits per heavy atom. The topological polar surface area (TPSA) is 142 Å². The summed E-state index contributed by atoms with van der Waals surface area (Å²) in [6.45, 7) is 1.69. The highest BCUT2D eigenvalue weighted by molar-refractivity contribution is 7.89. The first-order chi connectivity index (χ1) is 10.2. The summed E-state index contributed by atoms with van der Waals surface area (Å²) >= 11 is 0. The molecule has 0 aliphatic heterocycles. The highest BCUT2D eigenvalue weighted by atomic mass is 32.2. The van der Waals surface area contributed by atoms with Crippen molar-refractivity contribution < 1.29 is 17.9 Å². The third-order valence-corrected chi connectivity index (χ3v) is 3.41. The molecule has 1 amide bonds. The van der Waals surface area contributed by atoms with E-state index in [-0.39, 0.29) is 17.4 Å². The van der Waals surface area contributed by atoms with Crippen molar-refractivity contribution in [2.24, 2.45) is 12.2 Å². The van der Waals surface area contributed by atoms with Gasteiger partial charge in [-0.15, -0.1) is 0 Å². The molecule has 0 aliphatic carbocycles. The molecule has 2 aromatic rings. The molecular weight excluding hydrogens is 312 g/mol. The minimum Gasteiger partial charge on any atom is -0.481 e. The average Bonchev–Trinajstić information content (AvgIpc) is 2.80. The number of nitrogens with two attached hydrogens (primary N) is 1. The van der Waals surface area contributed by atoms with Crippen molar-refractivity contribution in [1.29, 1.82) is 0 Å². The number of carbonyl (C=O) groups excluding carboxylic acids is 1. The lowest BCUT2D eigenvalue weighted by atomic mass is 10.3. The van der Waals surface area contributed by atoms with Crippen LogP contribution in [0.1, 0.15) is 16.1 Å². The van der Waals surface area contributed by atoms with E-state index in [2.05, 4.69) is 20.4 Å². The minimum atomic E-state index is -4.13. The minimum absolute atomic E-state index is 0.0222. The van der Waals surface area contributed by atoms with Crippen molar-refractivity contribution >= 4 is 21.9 Å². The Labute approximate surface area is 126 Å². The summed E-state index contributed by atoms with van der Waals surface area (Å²) in [5.74, 6) is -0.503. The second kappa shape index (κ2) is 5.69. The maximum absolute atomic E-state index is 12.2. The molecule has 2 rings (SSSR count). The van der Waals surface area contributed by atoms with Crippen LogP contribution < -0.4 is 15.2 Å².